The molecule has 0 fully saturated rings. The van der Waals surface area contributed by atoms with Crippen LogP contribution in [-0.2, 0) is 20.9 Å². The molecule has 0 bridgehead atoms. The van der Waals surface area contributed by atoms with E-state index in [2.05, 4.69) is 47.9 Å². The summed E-state index contributed by atoms with van der Waals surface area (Å²) in [6.45, 7) is 6.48. The number of aryl methyl sites for hydroxylation is 2. The molecule has 0 atom stereocenters. The fourth-order valence-electron chi connectivity index (χ4n) is 3.00. The number of nitrogens with zero attached hydrogens (tertiary/aromatic N) is 3. The van der Waals surface area contributed by atoms with Crippen molar-refractivity contribution in [2.24, 2.45) is 0 Å². The Morgan fingerprint density at radius 2 is 1.86 bits per heavy atom. The topological polar surface area (TPSA) is 86.1 Å². The summed E-state index contributed by atoms with van der Waals surface area (Å²) in [6, 6.07) is 9.95. The van der Waals surface area contributed by atoms with Crippen LogP contribution in [0.2, 0.25) is 0 Å². The Morgan fingerprint density at radius 1 is 1.14 bits per heavy atom. The summed E-state index contributed by atoms with van der Waals surface area (Å²) >= 11 is 3.45. The molecule has 1 aromatic carbocycles. The highest BCUT2D eigenvalue weighted by Crippen LogP contribution is 2.23. The highest BCUT2D eigenvalue weighted by Gasteiger charge is 2.15. The van der Waals surface area contributed by atoms with E-state index in [9.17, 15) is 9.59 Å². The standard InChI is InChI=1S/C21H23BrN4O3/c1-4-29-20(28)10-9-19(27)25-17-11-18-21(23-13(17)2)26(14(3)24-18)12-15-5-7-16(22)8-6-15/h5-8,11H,4,9-10,12H2,1-3H3,(H,25,27). The average molecular weight is 459 g/mol. The number of pyridine rings is 1. The van der Waals surface area contributed by atoms with Gasteiger partial charge in [-0.05, 0) is 44.5 Å². The quantitative estimate of drug-likeness (QED) is 0.537. The zero-order valence-electron chi connectivity index (χ0n) is 16.7. The van der Waals surface area contributed by atoms with E-state index < -0.39 is 0 Å². The predicted octanol–water partition coefficient (Wildman–Crippen LogP) is 4.14. The van der Waals surface area contributed by atoms with Crippen molar-refractivity contribution in [3.05, 3.63) is 51.9 Å². The molecule has 1 amide bonds. The number of benzene rings is 1. The van der Waals surface area contributed by atoms with Crippen molar-refractivity contribution in [1.82, 2.24) is 14.5 Å². The Labute approximate surface area is 177 Å². The molecule has 152 valence electrons. The fraction of sp³-hybridized carbons (Fsp3) is 0.333. The number of amides is 1. The highest BCUT2D eigenvalue weighted by atomic mass is 79.9. The number of esters is 1. The van der Waals surface area contributed by atoms with Crippen LogP contribution in [0, 0.1) is 13.8 Å². The van der Waals surface area contributed by atoms with Gasteiger partial charge in [0.15, 0.2) is 5.65 Å². The summed E-state index contributed by atoms with van der Waals surface area (Å²) in [5, 5.41) is 2.82. The Balaban J connectivity index is 1.78. The molecule has 2 heterocycles. The maximum Gasteiger partial charge on any atom is 0.306 e. The minimum atomic E-state index is -0.379. The maximum absolute atomic E-state index is 12.2. The monoisotopic (exact) mass is 458 g/mol. The molecule has 2 aromatic heterocycles. The van der Waals surface area contributed by atoms with Gasteiger partial charge in [-0.3, -0.25) is 9.59 Å². The van der Waals surface area contributed by atoms with E-state index in [0.717, 1.165) is 21.5 Å². The Kier molecular flexibility index (Phi) is 6.64. The molecule has 0 saturated carbocycles. The van der Waals surface area contributed by atoms with Crippen LogP contribution in [0.3, 0.4) is 0 Å². The molecule has 29 heavy (non-hydrogen) atoms. The number of aromatic nitrogens is 3. The lowest BCUT2D eigenvalue weighted by Crippen LogP contribution is -2.15. The number of fused-ring (bicyclic) bond motifs is 1. The van der Waals surface area contributed by atoms with E-state index in [-0.39, 0.29) is 24.7 Å². The van der Waals surface area contributed by atoms with Crippen LogP contribution < -0.4 is 5.32 Å². The first kappa shape index (κ1) is 21.0. The number of imidazole rings is 1. The third-order valence-electron chi connectivity index (χ3n) is 4.49. The third kappa shape index (κ3) is 5.20. The minimum Gasteiger partial charge on any atom is -0.466 e. The van der Waals surface area contributed by atoms with Gasteiger partial charge >= 0.3 is 5.97 Å². The number of nitrogens with one attached hydrogen (secondary N) is 1. The van der Waals surface area contributed by atoms with Crippen LogP contribution in [0.5, 0.6) is 0 Å². The molecule has 0 unspecified atom stereocenters. The number of halogens is 1. The number of anilines is 1. The van der Waals surface area contributed by atoms with Crippen molar-refractivity contribution in [2.45, 2.75) is 40.2 Å². The SMILES string of the molecule is CCOC(=O)CCC(=O)Nc1cc2nc(C)n(Cc3ccc(Br)cc3)c2nc1C. The van der Waals surface area contributed by atoms with Crippen molar-refractivity contribution in [3.8, 4) is 0 Å². The molecule has 0 aliphatic heterocycles. The Bertz CT molecular complexity index is 1040. The van der Waals surface area contributed by atoms with E-state index >= 15 is 0 Å². The molecule has 7 nitrogen and oxygen atoms in total. The lowest BCUT2D eigenvalue weighted by molar-refractivity contribution is -0.144. The molecule has 8 heteroatoms. The fourth-order valence-corrected chi connectivity index (χ4v) is 3.26. The maximum atomic E-state index is 12.2. The summed E-state index contributed by atoms with van der Waals surface area (Å²) in [4.78, 5) is 32.9. The number of rotatable bonds is 7. The van der Waals surface area contributed by atoms with Gasteiger partial charge in [0, 0.05) is 10.9 Å². The first-order valence-corrected chi connectivity index (χ1v) is 10.2. The second kappa shape index (κ2) is 9.17. The average Bonchev–Trinajstić information content (AvgIpc) is 2.97. The first-order chi connectivity index (χ1) is 13.9. The lowest BCUT2D eigenvalue weighted by atomic mass is 10.2. The van der Waals surface area contributed by atoms with E-state index in [0.29, 0.717) is 30.0 Å². The highest BCUT2D eigenvalue weighted by molar-refractivity contribution is 9.10. The van der Waals surface area contributed by atoms with Gasteiger partial charge in [0.25, 0.3) is 0 Å². The van der Waals surface area contributed by atoms with E-state index in [1.807, 2.05) is 32.0 Å². The molecule has 0 aliphatic rings. The smallest absolute Gasteiger partial charge is 0.306 e. The van der Waals surface area contributed by atoms with Gasteiger partial charge in [-0.25, -0.2) is 9.97 Å². The number of carbonyl (C=O) groups excluding carboxylic acids is 2. The van der Waals surface area contributed by atoms with Gasteiger partial charge in [-0.15, -0.1) is 0 Å². The minimum absolute atomic E-state index is 0.0509. The van der Waals surface area contributed by atoms with Crippen molar-refractivity contribution in [3.63, 3.8) is 0 Å². The Hall–Kier alpha value is -2.74. The summed E-state index contributed by atoms with van der Waals surface area (Å²) in [7, 11) is 0. The van der Waals surface area contributed by atoms with Crippen LogP contribution >= 0.6 is 15.9 Å². The van der Waals surface area contributed by atoms with Crippen molar-refractivity contribution >= 4 is 44.7 Å². The van der Waals surface area contributed by atoms with Gasteiger partial charge in [-0.2, -0.15) is 0 Å². The molecule has 0 saturated heterocycles. The number of hydrogen-bond acceptors (Lipinski definition) is 5. The summed E-state index contributed by atoms with van der Waals surface area (Å²) in [5.41, 5.74) is 3.92. The largest absolute Gasteiger partial charge is 0.466 e. The summed E-state index contributed by atoms with van der Waals surface area (Å²) in [5.74, 6) is 0.212. The van der Waals surface area contributed by atoms with Crippen molar-refractivity contribution < 1.29 is 14.3 Å². The third-order valence-corrected chi connectivity index (χ3v) is 5.02. The lowest BCUT2D eigenvalue weighted by Gasteiger charge is -2.10. The van der Waals surface area contributed by atoms with Gasteiger partial charge in [0.05, 0.1) is 31.0 Å². The molecular formula is C21H23BrN4O3. The van der Waals surface area contributed by atoms with E-state index in [4.69, 9.17) is 4.74 Å². The van der Waals surface area contributed by atoms with Gasteiger partial charge < -0.3 is 14.6 Å². The van der Waals surface area contributed by atoms with Crippen LogP contribution in [0.1, 0.15) is 36.8 Å². The van der Waals surface area contributed by atoms with Crippen LogP contribution in [-0.4, -0.2) is 33.0 Å². The van der Waals surface area contributed by atoms with Gasteiger partial charge in [-0.1, -0.05) is 28.1 Å². The van der Waals surface area contributed by atoms with Gasteiger partial charge in [0.1, 0.15) is 11.3 Å². The van der Waals surface area contributed by atoms with E-state index in [1.165, 1.54) is 0 Å². The van der Waals surface area contributed by atoms with Crippen molar-refractivity contribution in [2.75, 3.05) is 11.9 Å². The number of hydrogen-bond donors (Lipinski definition) is 1. The molecule has 3 rings (SSSR count). The molecule has 0 radical (unpaired) electrons. The Morgan fingerprint density at radius 3 is 2.55 bits per heavy atom. The zero-order chi connectivity index (χ0) is 21.0. The molecular weight excluding hydrogens is 436 g/mol. The van der Waals surface area contributed by atoms with Crippen LogP contribution in [0.15, 0.2) is 34.8 Å². The molecule has 0 aliphatic carbocycles. The normalized spacial score (nSPS) is 10.9. The first-order valence-electron chi connectivity index (χ1n) is 9.41. The summed E-state index contributed by atoms with van der Waals surface area (Å²) in [6.07, 6.45) is 0.114. The molecule has 0 spiro atoms. The molecule has 3 aromatic rings. The van der Waals surface area contributed by atoms with Crippen LogP contribution in [0.4, 0.5) is 5.69 Å². The second-order valence-corrected chi connectivity index (χ2v) is 7.60. The van der Waals surface area contributed by atoms with E-state index in [1.54, 1.807) is 6.92 Å². The van der Waals surface area contributed by atoms with Crippen LogP contribution in [0.25, 0.3) is 11.2 Å². The second-order valence-electron chi connectivity index (χ2n) is 6.69. The number of carbonyl (C=O) groups is 2. The molecule has 1 N–H and O–H groups in total. The predicted molar refractivity (Wildman–Crippen MR) is 115 cm³/mol. The zero-order valence-corrected chi connectivity index (χ0v) is 18.2. The number of ether oxygens (including phenoxy) is 1. The van der Waals surface area contributed by atoms with Crippen molar-refractivity contribution in [1.29, 1.82) is 0 Å². The summed E-state index contributed by atoms with van der Waals surface area (Å²) < 4.78 is 7.94. The van der Waals surface area contributed by atoms with Gasteiger partial charge in [0.2, 0.25) is 5.91 Å².